The molecule has 1 aliphatic carbocycles. The minimum atomic E-state index is -0.254. The van der Waals surface area contributed by atoms with Gasteiger partial charge in [0.15, 0.2) is 5.82 Å². The average molecular weight is 352 g/mol. The first kappa shape index (κ1) is 16.8. The van der Waals surface area contributed by atoms with Crippen molar-refractivity contribution in [1.29, 1.82) is 0 Å². The number of amides is 2. The highest BCUT2D eigenvalue weighted by Gasteiger charge is 2.30. The van der Waals surface area contributed by atoms with Gasteiger partial charge in [0.2, 0.25) is 0 Å². The fourth-order valence-corrected chi connectivity index (χ4v) is 3.56. The summed E-state index contributed by atoms with van der Waals surface area (Å²) in [6, 6.07) is 6.18. The lowest BCUT2D eigenvalue weighted by Gasteiger charge is -2.17. The lowest BCUT2D eigenvalue weighted by molar-refractivity contribution is 0.0945. The highest BCUT2D eigenvalue weighted by Crippen LogP contribution is 2.25. The van der Waals surface area contributed by atoms with Gasteiger partial charge in [0.25, 0.3) is 11.8 Å². The predicted molar refractivity (Wildman–Crippen MR) is 99.5 cm³/mol. The molecule has 136 valence electrons. The Morgan fingerprint density at radius 2 is 1.85 bits per heavy atom. The van der Waals surface area contributed by atoms with Crippen LogP contribution in [-0.4, -0.2) is 27.4 Å². The summed E-state index contributed by atoms with van der Waals surface area (Å²) in [4.78, 5) is 30.0. The number of aryl methyl sites for hydroxylation is 2. The van der Waals surface area contributed by atoms with E-state index in [-0.39, 0.29) is 17.9 Å². The molecule has 0 radical (unpaired) electrons. The van der Waals surface area contributed by atoms with Gasteiger partial charge in [-0.1, -0.05) is 18.2 Å². The van der Waals surface area contributed by atoms with Crippen molar-refractivity contribution in [3.8, 4) is 0 Å². The molecule has 0 unspecified atom stereocenters. The molecule has 1 fully saturated rings. The van der Waals surface area contributed by atoms with Gasteiger partial charge in [0.1, 0.15) is 5.69 Å². The van der Waals surface area contributed by atoms with Crippen LogP contribution in [0.2, 0.25) is 0 Å². The van der Waals surface area contributed by atoms with Crippen LogP contribution in [0.25, 0.3) is 0 Å². The third kappa shape index (κ3) is 3.11. The standard InChI is InChI=1S/C20H24N4O2/c1-12-6-5-7-13(2)16(12)23-20(26)18-22-17(19(25)21-14-9-10-14)15-8-3-4-11-24(15)18/h5-7,14H,3-4,8-11H2,1-2H3,(H,21,25)(H,23,26). The first-order valence-corrected chi connectivity index (χ1v) is 9.32. The number of anilines is 1. The Morgan fingerprint density at radius 1 is 1.12 bits per heavy atom. The number of hydrogen-bond donors (Lipinski definition) is 2. The molecule has 2 N–H and O–H groups in total. The Morgan fingerprint density at radius 3 is 2.54 bits per heavy atom. The Balaban J connectivity index is 1.66. The molecule has 1 aliphatic heterocycles. The van der Waals surface area contributed by atoms with Crippen LogP contribution in [0, 0.1) is 13.8 Å². The third-order valence-electron chi connectivity index (χ3n) is 5.17. The van der Waals surface area contributed by atoms with Crippen LogP contribution in [-0.2, 0) is 13.0 Å². The molecule has 2 aliphatic rings. The summed E-state index contributed by atoms with van der Waals surface area (Å²) in [5.74, 6) is -0.0661. The van der Waals surface area contributed by atoms with Gasteiger partial charge in [-0.2, -0.15) is 0 Å². The van der Waals surface area contributed by atoms with Crippen LogP contribution in [0.15, 0.2) is 18.2 Å². The Kier molecular flexibility index (Phi) is 4.26. The van der Waals surface area contributed by atoms with Gasteiger partial charge in [-0.15, -0.1) is 0 Å². The first-order chi connectivity index (χ1) is 12.5. The molecular formula is C20H24N4O2. The number of nitrogens with zero attached hydrogens (tertiary/aromatic N) is 2. The zero-order valence-electron chi connectivity index (χ0n) is 15.3. The summed E-state index contributed by atoms with van der Waals surface area (Å²) >= 11 is 0. The maximum absolute atomic E-state index is 12.9. The van der Waals surface area contributed by atoms with Gasteiger partial charge in [-0.3, -0.25) is 9.59 Å². The quantitative estimate of drug-likeness (QED) is 0.888. The molecule has 0 atom stereocenters. The third-order valence-corrected chi connectivity index (χ3v) is 5.17. The van der Waals surface area contributed by atoms with Gasteiger partial charge in [0.05, 0.1) is 5.69 Å². The van der Waals surface area contributed by atoms with Crippen molar-refractivity contribution in [2.75, 3.05) is 5.32 Å². The highest BCUT2D eigenvalue weighted by molar-refractivity contribution is 6.04. The van der Waals surface area contributed by atoms with E-state index < -0.39 is 0 Å². The Bertz CT molecular complexity index is 860. The van der Waals surface area contributed by atoms with Crippen LogP contribution in [0.4, 0.5) is 5.69 Å². The fourth-order valence-electron chi connectivity index (χ4n) is 3.56. The fraction of sp³-hybridized carbons (Fsp3) is 0.450. The van der Waals surface area contributed by atoms with Gasteiger partial charge < -0.3 is 15.2 Å². The summed E-state index contributed by atoms with van der Waals surface area (Å²) < 4.78 is 1.92. The molecule has 1 aromatic carbocycles. The van der Waals surface area contributed by atoms with E-state index >= 15 is 0 Å². The van der Waals surface area contributed by atoms with Crippen LogP contribution in [0.3, 0.4) is 0 Å². The molecule has 4 rings (SSSR count). The molecule has 0 saturated heterocycles. The van der Waals surface area contributed by atoms with Crippen molar-refractivity contribution in [2.24, 2.45) is 0 Å². The number of carbonyl (C=O) groups excluding carboxylic acids is 2. The largest absolute Gasteiger partial charge is 0.348 e. The van der Waals surface area contributed by atoms with Crippen molar-refractivity contribution in [2.45, 2.75) is 58.5 Å². The summed E-state index contributed by atoms with van der Waals surface area (Å²) in [5, 5.41) is 5.99. The molecule has 2 amide bonds. The van der Waals surface area contributed by atoms with E-state index in [0.717, 1.165) is 61.2 Å². The number of fused-ring (bicyclic) bond motifs is 1. The summed E-state index contributed by atoms with van der Waals surface area (Å²) in [7, 11) is 0. The number of imidazole rings is 1. The van der Waals surface area contributed by atoms with E-state index in [1.54, 1.807) is 0 Å². The van der Waals surface area contributed by atoms with E-state index in [1.165, 1.54) is 0 Å². The van der Waals surface area contributed by atoms with E-state index in [2.05, 4.69) is 15.6 Å². The van der Waals surface area contributed by atoms with E-state index in [1.807, 2.05) is 36.6 Å². The second-order valence-corrected chi connectivity index (χ2v) is 7.31. The van der Waals surface area contributed by atoms with E-state index in [4.69, 9.17) is 0 Å². The second-order valence-electron chi connectivity index (χ2n) is 7.31. The van der Waals surface area contributed by atoms with Crippen molar-refractivity contribution >= 4 is 17.5 Å². The number of nitrogens with one attached hydrogen (secondary N) is 2. The Hall–Kier alpha value is -2.63. The summed E-state index contributed by atoms with van der Waals surface area (Å²) in [6.45, 7) is 4.67. The number of carbonyl (C=O) groups is 2. The van der Waals surface area contributed by atoms with Crippen LogP contribution in [0.5, 0.6) is 0 Å². The molecular weight excluding hydrogens is 328 g/mol. The van der Waals surface area contributed by atoms with Crippen molar-refractivity contribution in [3.05, 3.63) is 46.5 Å². The maximum atomic E-state index is 12.9. The monoisotopic (exact) mass is 352 g/mol. The van der Waals surface area contributed by atoms with Crippen LogP contribution >= 0.6 is 0 Å². The summed E-state index contributed by atoms with van der Waals surface area (Å²) in [6.07, 6.45) is 4.87. The SMILES string of the molecule is Cc1cccc(C)c1NC(=O)c1nc(C(=O)NC2CC2)c2n1CCCC2. The molecule has 2 heterocycles. The molecule has 26 heavy (non-hydrogen) atoms. The van der Waals surface area contributed by atoms with Gasteiger partial charge in [0, 0.05) is 18.3 Å². The number of benzene rings is 1. The predicted octanol–water partition coefficient (Wildman–Crippen LogP) is 2.98. The lowest BCUT2D eigenvalue weighted by Crippen LogP contribution is -2.27. The number of rotatable bonds is 4. The molecule has 0 spiro atoms. The van der Waals surface area contributed by atoms with Gasteiger partial charge >= 0.3 is 0 Å². The summed E-state index contributed by atoms with van der Waals surface area (Å²) in [5.41, 5.74) is 4.14. The van der Waals surface area contributed by atoms with Crippen LogP contribution < -0.4 is 10.6 Å². The lowest BCUT2D eigenvalue weighted by atomic mass is 10.1. The number of para-hydroxylation sites is 1. The first-order valence-electron chi connectivity index (χ1n) is 9.32. The Labute approximate surface area is 153 Å². The molecule has 6 nitrogen and oxygen atoms in total. The van der Waals surface area contributed by atoms with Crippen molar-refractivity contribution in [3.63, 3.8) is 0 Å². The van der Waals surface area contributed by atoms with E-state index in [9.17, 15) is 9.59 Å². The number of aromatic nitrogens is 2. The van der Waals surface area contributed by atoms with Gasteiger partial charge in [-0.05, 0) is 57.1 Å². The number of hydrogen-bond acceptors (Lipinski definition) is 3. The highest BCUT2D eigenvalue weighted by atomic mass is 16.2. The zero-order chi connectivity index (χ0) is 18.3. The molecule has 0 bridgehead atoms. The second kappa shape index (κ2) is 6.59. The average Bonchev–Trinajstić information content (AvgIpc) is 3.35. The van der Waals surface area contributed by atoms with Crippen LogP contribution in [0.1, 0.15) is 63.6 Å². The normalized spacial score (nSPS) is 16.1. The molecule has 1 saturated carbocycles. The van der Waals surface area contributed by atoms with Crippen molar-refractivity contribution in [1.82, 2.24) is 14.9 Å². The van der Waals surface area contributed by atoms with E-state index in [0.29, 0.717) is 11.5 Å². The maximum Gasteiger partial charge on any atom is 0.291 e. The molecule has 6 heteroatoms. The minimum Gasteiger partial charge on any atom is -0.348 e. The molecule has 1 aromatic heterocycles. The topological polar surface area (TPSA) is 76.0 Å². The van der Waals surface area contributed by atoms with Gasteiger partial charge in [-0.25, -0.2) is 4.98 Å². The zero-order valence-corrected chi connectivity index (χ0v) is 15.3. The minimum absolute atomic E-state index is 0.149. The molecule has 2 aromatic rings. The smallest absolute Gasteiger partial charge is 0.291 e. The van der Waals surface area contributed by atoms with Crippen molar-refractivity contribution < 1.29 is 9.59 Å².